The van der Waals surface area contributed by atoms with Gasteiger partial charge >= 0.3 is 0 Å². The van der Waals surface area contributed by atoms with Gasteiger partial charge in [-0.05, 0) is 93.4 Å². The Hall–Kier alpha value is -1.08. The molecular weight excluding hydrogens is 340 g/mol. The minimum Gasteiger partial charge on any atom is -0.378 e. The van der Waals surface area contributed by atoms with Crippen molar-refractivity contribution in [3.05, 3.63) is 47.5 Å². The van der Waals surface area contributed by atoms with Gasteiger partial charge in [0.15, 0.2) is 0 Å². The molecule has 1 aromatic rings. The van der Waals surface area contributed by atoms with Crippen molar-refractivity contribution in [3.63, 3.8) is 0 Å². The summed E-state index contributed by atoms with van der Waals surface area (Å²) in [6, 6.07) is 9.28. The number of aryl methyl sites for hydroxylation is 1. The van der Waals surface area contributed by atoms with E-state index in [9.17, 15) is 0 Å². The molecule has 3 rings (SSSR count). The van der Waals surface area contributed by atoms with Crippen molar-refractivity contribution in [1.29, 1.82) is 0 Å². The quantitative estimate of drug-likeness (QED) is 0.439. The molecule has 0 aliphatic heterocycles. The Kier molecular flexibility index (Phi) is 8.21. The van der Waals surface area contributed by atoms with Crippen molar-refractivity contribution >= 4 is 0 Å². The zero-order chi connectivity index (χ0) is 19.9. The molecule has 1 aromatic carbocycles. The lowest BCUT2D eigenvalue weighted by Gasteiger charge is -2.38. The first-order valence-electron chi connectivity index (χ1n) is 11.9. The van der Waals surface area contributed by atoms with Crippen LogP contribution >= 0.6 is 0 Å². The van der Waals surface area contributed by atoms with Gasteiger partial charge in [-0.1, -0.05) is 62.8 Å². The van der Waals surface area contributed by atoms with Crippen LogP contribution in [0.1, 0.15) is 89.2 Å². The van der Waals surface area contributed by atoms with Gasteiger partial charge in [-0.3, -0.25) is 0 Å². The summed E-state index contributed by atoms with van der Waals surface area (Å²) in [5, 5.41) is 0. The standard InChI is InChI=1S/C27H42O/c1-20(2)5-6-22(4)19-28-27-17-15-26(16-18-27)25-13-11-24(12-14-25)23-9-7-21(3)8-10-23/h5-10,20,22,24-27H,11-19H2,1-4H3/b6-5-. The Morgan fingerprint density at radius 3 is 1.96 bits per heavy atom. The molecule has 0 amide bonds. The summed E-state index contributed by atoms with van der Waals surface area (Å²) in [6.07, 6.45) is 16.1. The minimum absolute atomic E-state index is 0.509. The molecule has 2 fully saturated rings. The van der Waals surface area contributed by atoms with Crippen molar-refractivity contribution in [2.45, 2.75) is 91.1 Å². The summed E-state index contributed by atoms with van der Waals surface area (Å²) in [6.45, 7) is 9.82. The van der Waals surface area contributed by atoms with Crippen LogP contribution in [0.5, 0.6) is 0 Å². The van der Waals surface area contributed by atoms with Crippen LogP contribution in [0.15, 0.2) is 36.4 Å². The Balaban J connectivity index is 1.36. The maximum absolute atomic E-state index is 6.25. The summed E-state index contributed by atoms with van der Waals surface area (Å²) in [5.74, 6) is 3.90. The molecule has 1 heteroatoms. The lowest BCUT2D eigenvalue weighted by molar-refractivity contribution is -0.000707. The molecule has 0 radical (unpaired) electrons. The second-order valence-electron chi connectivity index (χ2n) is 10.00. The van der Waals surface area contributed by atoms with E-state index in [1.807, 2.05) is 0 Å². The zero-order valence-electron chi connectivity index (χ0n) is 18.7. The highest BCUT2D eigenvalue weighted by Gasteiger charge is 2.31. The van der Waals surface area contributed by atoms with Gasteiger partial charge in [0.25, 0.3) is 0 Å². The molecule has 0 aromatic heterocycles. The van der Waals surface area contributed by atoms with Crippen LogP contribution < -0.4 is 0 Å². The molecule has 0 saturated heterocycles. The molecule has 2 aliphatic carbocycles. The first-order valence-corrected chi connectivity index (χ1v) is 11.9. The van der Waals surface area contributed by atoms with Gasteiger partial charge in [0.2, 0.25) is 0 Å². The molecule has 28 heavy (non-hydrogen) atoms. The molecule has 1 nitrogen and oxygen atoms in total. The van der Waals surface area contributed by atoms with E-state index in [4.69, 9.17) is 4.74 Å². The number of hydrogen-bond acceptors (Lipinski definition) is 1. The summed E-state index contributed by atoms with van der Waals surface area (Å²) in [5.41, 5.74) is 2.95. The largest absolute Gasteiger partial charge is 0.378 e. The van der Waals surface area contributed by atoms with E-state index in [1.165, 1.54) is 56.9 Å². The maximum Gasteiger partial charge on any atom is 0.0575 e. The van der Waals surface area contributed by atoms with E-state index in [2.05, 4.69) is 64.1 Å². The van der Waals surface area contributed by atoms with Crippen LogP contribution in [0.2, 0.25) is 0 Å². The Bertz CT molecular complexity index is 583. The van der Waals surface area contributed by atoms with Crippen molar-refractivity contribution in [3.8, 4) is 0 Å². The molecular formula is C27H42O. The topological polar surface area (TPSA) is 9.23 Å². The first kappa shape index (κ1) is 21.6. The molecule has 0 spiro atoms. The third-order valence-corrected chi connectivity index (χ3v) is 7.13. The molecule has 2 saturated carbocycles. The van der Waals surface area contributed by atoms with Crippen LogP contribution in [0.4, 0.5) is 0 Å². The molecule has 1 unspecified atom stereocenters. The fourth-order valence-electron chi connectivity index (χ4n) is 5.24. The summed E-state index contributed by atoms with van der Waals surface area (Å²) >= 11 is 0. The smallest absolute Gasteiger partial charge is 0.0575 e. The fourth-order valence-corrected chi connectivity index (χ4v) is 5.24. The Morgan fingerprint density at radius 2 is 1.39 bits per heavy atom. The van der Waals surface area contributed by atoms with Crippen LogP contribution in [-0.2, 0) is 4.74 Å². The average Bonchev–Trinajstić information content (AvgIpc) is 2.72. The van der Waals surface area contributed by atoms with E-state index in [0.29, 0.717) is 17.9 Å². The molecule has 2 aliphatic rings. The molecule has 0 heterocycles. The lowest BCUT2D eigenvalue weighted by Crippen LogP contribution is -2.29. The van der Waals surface area contributed by atoms with Gasteiger partial charge in [0.1, 0.15) is 0 Å². The van der Waals surface area contributed by atoms with E-state index in [1.54, 1.807) is 5.56 Å². The van der Waals surface area contributed by atoms with Gasteiger partial charge < -0.3 is 4.74 Å². The Morgan fingerprint density at radius 1 is 0.821 bits per heavy atom. The first-order chi connectivity index (χ1) is 13.5. The van der Waals surface area contributed by atoms with Crippen LogP contribution in [0, 0.1) is 30.6 Å². The second-order valence-corrected chi connectivity index (χ2v) is 10.00. The highest BCUT2D eigenvalue weighted by Crippen LogP contribution is 2.43. The number of hydrogen-bond donors (Lipinski definition) is 0. The van der Waals surface area contributed by atoms with Crippen LogP contribution in [0.25, 0.3) is 0 Å². The van der Waals surface area contributed by atoms with E-state index < -0.39 is 0 Å². The predicted octanol–water partition coefficient (Wildman–Crippen LogP) is 7.69. The number of allylic oxidation sites excluding steroid dienone is 1. The van der Waals surface area contributed by atoms with E-state index in [0.717, 1.165) is 24.4 Å². The van der Waals surface area contributed by atoms with Crippen molar-refractivity contribution < 1.29 is 4.74 Å². The zero-order valence-corrected chi connectivity index (χ0v) is 18.7. The van der Waals surface area contributed by atoms with Crippen molar-refractivity contribution in [2.75, 3.05) is 6.61 Å². The molecule has 0 N–H and O–H groups in total. The highest BCUT2D eigenvalue weighted by molar-refractivity contribution is 5.24. The SMILES string of the molecule is Cc1ccc(C2CCC(C3CCC(OCC(C)/C=C\C(C)C)CC3)CC2)cc1. The average molecular weight is 383 g/mol. The van der Waals surface area contributed by atoms with E-state index in [-0.39, 0.29) is 0 Å². The maximum atomic E-state index is 6.25. The monoisotopic (exact) mass is 382 g/mol. The predicted molar refractivity (Wildman–Crippen MR) is 121 cm³/mol. The third kappa shape index (κ3) is 6.48. The fraction of sp³-hybridized carbons (Fsp3) is 0.704. The van der Waals surface area contributed by atoms with Gasteiger partial charge in [-0.15, -0.1) is 0 Å². The van der Waals surface area contributed by atoms with Gasteiger partial charge in [0.05, 0.1) is 12.7 Å². The van der Waals surface area contributed by atoms with E-state index >= 15 is 0 Å². The number of benzene rings is 1. The molecule has 156 valence electrons. The molecule has 1 atom stereocenters. The molecule has 0 bridgehead atoms. The van der Waals surface area contributed by atoms with Crippen molar-refractivity contribution in [1.82, 2.24) is 0 Å². The highest BCUT2D eigenvalue weighted by atomic mass is 16.5. The second kappa shape index (κ2) is 10.6. The number of ether oxygens (including phenoxy) is 1. The van der Waals surface area contributed by atoms with Gasteiger partial charge in [-0.25, -0.2) is 0 Å². The minimum atomic E-state index is 0.509. The normalized spacial score (nSPS) is 30.0. The lowest BCUT2D eigenvalue weighted by atomic mass is 9.69. The number of rotatable bonds is 7. The van der Waals surface area contributed by atoms with Crippen molar-refractivity contribution in [2.24, 2.45) is 23.7 Å². The summed E-state index contributed by atoms with van der Waals surface area (Å²) in [4.78, 5) is 0. The summed E-state index contributed by atoms with van der Waals surface area (Å²) in [7, 11) is 0. The third-order valence-electron chi connectivity index (χ3n) is 7.13. The van der Waals surface area contributed by atoms with Crippen LogP contribution in [0.3, 0.4) is 0 Å². The summed E-state index contributed by atoms with van der Waals surface area (Å²) < 4.78 is 6.25. The van der Waals surface area contributed by atoms with Gasteiger partial charge in [0, 0.05) is 0 Å². The van der Waals surface area contributed by atoms with Gasteiger partial charge in [-0.2, -0.15) is 0 Å². The van der Waals surface area contributed by atoms with Crippen LogP contribution in [-0.4, -0.2) is 12.7 Å². The Labute approximate surface area is 174 Å².